The van der Waals surface area contributed by atoms with Gasteiger partial charge in [0.1, 0.15) is 0 Å². The fraction of sp³-hybridized carbons (Fsp3) is 0.455. The van der Waals surface area contributed by atoms with Crippen molar-refractivity contribution in [3.8, 4) is 0 Å². The first-order valence-electron chi connectivity index (χ1n) is 5.52. The lowest BCUT2D eigenvalue weighted by molar-refractivity contribution is 0.217. The molecule has 0 saturated carbocycles. The van der Waals surface area contributed by atoms with Gasteiger partial charge in [0, 0.05) is 22.0 Å². The van der Waals surface area contributed by atoms with Crippen molar-refractivity contribution in [3.05, 3.63) is 26.6 Å². The molecule has 2 N–H and O–H groups in total. The average molecular weight is 417 g/mol. The Morgan fingerprint density at radius 1 is 1.11 bits per heavy atom. The highest BCUT2D eigenvalue weighted by molar-refractivity contribution is 9.11. The molecule has 0 amide bonds. The number of benzene rings is 1. The van der Waals surface area contributed by atoms with Crippen LogP contribution in [0.15, 0.2) is 26.0 Å². The smallest absolute Gasteiger partial charge is 0.244 e. The molecular weight excluding hydrogens is 402 g/mol. The van der Waals surface area contributed by atoms with E-state index in [0.29, 0.717) is 4.47 Å². The van der Waals surface area contributed by atoms with Crippen molar-refractivity contribution in [2.75, 3.05) is 26.3 Å². The van der Waals surface area contributed by atoms with E-state index in [-0.39, 0.29) is 31.2 Å². The summed E-state index contributed by atoms with van der Waals surface area (Å²) in [5.41, 5.74) is 0.787. The molecule has 0 atom stereocenters. The van der Waals surface area contributed by atoms with E-state index in [1.54, 1.807) is 19.1 Å². The Hall–Kier alpha value is 0.01000. The normalized spacial score (nSPS) is 12.1. The van der Waals surface area contributed by atoms with Gasteiger partial charge in [-0.1, -0.05) is 15.9 Å². The second-order valence-electron chi connectivity index (χ2n) is 3.88. The van der Waals surface area contributed by atoms with Crippen LogP contribution in [0.5, 0.6) is 0 Å². The van der Waals surface area contributed by atoms with E-state index in [1.807, 2.05) is 0 Å². The fourth-order valence-electron chi connectivity index (χ4n) is 1.54. The number of aryl methyl sites for hydroxylation is 1. The zero-order chi connectivity index (χ0) is 14.6. The van der Waals surface area contributed by atoms with Crippen molar-refractivity contribution in [2.45, 2.75) is 11.8 Å². The molecule has 0 aliphatic rings. The minimum Gasteiger partial charge on any atom is -0.395 e. The Labute approximate surface area is 129 Å². The van der Waals surface area contributed by atoms with Gasteiger partial charge >= 0.3 is 0 Å². The molecule has 0 heterocycles. The minimum absolute atomic E-state index is 0.0511. The molecule has 1 aromatic carbocycles. The summed E-state index contributed by atoms with van der Waals surface area (Å²) in [5, 5.41) is 17.9. The van der Waals surface area contributed by atoms with E-state index < -0.39 is 10.0 Å². The Morgan fingerprint density at radius 2 is 1.63 bits per heavy atom. The molecule has 0 spiro atoms. The Kier molecular flexibility index (Phi) is 6.41. The number of aliphatic hydroxyl groups excluding tert-OH is 2. The van der Waals surface area contributed by atoms with Crippen LogP contribution in [-0.4, -0.2) is 49.2 Å². The third kappa shape index (κ3) is 3.99. The number of aliphatic hydroxyl groups is 2. The molecule has 0 fully saturated rings. The number of rotatable bonds is 6. The summed E-state index contributed by atoms with van der Waals surface area (Å²) >= 11 is 6.55. The van der Waals surface area contributed by atoms with Gasteiger partial charge in [0.2, 0.25) is 10.0 Å². The Bertz CT molecular complexity index is 542. The fourth-order valence-corrected chi connectivity index (χ4v) is 4.70. The number of hydrogen-bond acceptors (Lipinski definition) is 4. The standard InChI is InChI=1S/C11H15Br2NO4S/c1-8-6-11(10(13)7-9(8)12)19(17,18)14(2-4-15)3-5-16/h6-7,15-16H,2-5H2,1H3. The van der Waals surface area contributed by atoms with Crippen LogP contribution >= 0.6 is 31.9 Å². The van der Waals surface area contributed by atoms with E-state index >= 15 is 0 Å². The van der Waals surface area contributed by atoms with Crippen molar-refractivity contribution in [3.63, 3.8) is 0 Å². The second kappa shape index (κ2) is 7.14. The first-order valence-corrected chi connectivity index (χ1v) is 8.54. The summed E-state index contributed by atoms with van der Waals surface area (Å²) in [6, 6.07) is 3.21. The van der Waals surface area contributed by atoms with Gasteiger partial charge in [-0.2, -0.15) is 4.31 Å². The van der Waals surface area contributed by atoms with Gasteiger partial charge in [-0.15, -0.1) is 0 Å². The second-order valence-corrected chi connectivity index (χ2v) is 7.50. The van der Waals surface area contributed by atoms with Crippen LogP contribution < -0.4 is 0 Å². The molecule has 108 valence electrons. The van der Waals surface area contributed by atoms with Crippen LogP contribution in [-0.2, 0) is 10.0 Å². The lowest BCUT2D eigenvalue weighted by Crippen LogP contribution is -2.36. The maximum atomic E-state index is 12.5. The van der Waals surface area contributed by atoms with Crippen molar-refractivity contribution in [1.82, 2.24) is 4.31 Å². The molecule has 5 nitrogen and oxygen atoms in total. The third-order valence-electron chi connectivity index (χ3n) is 2.53. The van der Waals surface area contributed by atoms with Gasteiger partial charge in [0.15, 0.2) is 0 Å². The van der Waals surface area contributed by atoms with E-state index in [0.717, 1.165) is 14.3 Å². The van der Waals surface area contributed by atoms with Crippen LogP contribution in [0.1, 0.15) is 5.56 Å². The largest absolute Gasteiger partial charge is 0.395 e. The van der Waals surface area contributed by atoms with Crippen LogP contribution in [0, 0.1) is 6.92 Å². The lowest BCUT2D eigenvalue weighted by Gasteiger charge is -2.21. The molecule has 0 radical (unpaired) electrons. The van der Waals surface area contributed by atoms with Crippen molar-refractivity contribution in [1.29, 1.82) is 0 Å². The van der Waals surface area contributed by atoms with E-state index in [2.05, 4.69) is 31.9 Å². The molecule has 0 unspecified atom stereocenters. The molecule has 0 aromatic heterocycles. The van der Waals surface area contributed by atoms with Gasteiger partial charge in [-0.05, 0) is 40.5 Å². The maximum Gasteiger partial charge on any atom is 0.244 e. The summed E-state index contributed by atoms with van der Waals surface area (Å²) in [7, 11) is -3.75. The highest BCUT2D eigenvalue weighted by Gasteiger charge is 2.26. The SMILES string of the molecule is Cc1cc(S(=O)(=O)N(CCO)CCO)c(Br)cc1Br. The van der Waals surface area contributed by atoms with Crippen LogP contribution in [0.2, 0.25) is 0 Å². The van der Waals surface area contributed by atoms with E-state index in [9.17, 15) is 8.42 Å². The predicted molar refractivity (Wildman–Crippen MR) is 79.5 cm³/mol. The molecule has 0 aliphatic carbocycles. The third-order valence-corrected chi connectivity index (χ3v) is 6.24. The van der Waals surface area contributed by atoms with Gasteiger partial charge in [0.05, 0.1) is 18.1 Å². The number of nitrogens with zero attached hydrogens (tertiary/aromatic N) is 1. The summed E-state index contributed by atoms with van der Waals surface area (Å²) in [6.45, 7) is 1.09. The number of sulfonamides is 1. The zero-order valence-corrected chi connectivity index (χ0v) is 14.3. The van der Waals surface area contributed by atoms with E-state index in [1.165, 1.54) is 0 Å². The highest BCUT2D eigenvalue weighted by atomic mass is 79.9. The Morgan fingerprint density at radius 3 is 2.11 bits per heavy atom. The van der Waals surface area contributed by atoms with Crippen molar-refractivity contribution >= 4 is 41.9 Å². The van der Waals surface area contributed by atoms with Gasteiger partial charge in [-0.25, -0.2) is 8.42 Å². The number of hydrogen-bond donors (Lipinski definition) is 2. The summed E-state index contributed by atoms with van der Waals surface area (Å²) < 4.78 is 27.2. The van der Waals surface area contributed by atoms with Crippen molar-refractivity contribution in [2.24, 2.45) is 0 Å². The van der Waals surface area contributed by atoms with Gasteiger partial charge < -0.3 is 10.2 Å². The maximum absolute atomic E-state index is 12.5. The summed E-state index contributed by atoms with van der Waals surface area (Å²) in [5.74, 6) is 0. The van der Waals surface area contributed by atoms with Crippen molar-refractivity contribution < 1.29 is 18.6 Å². The molecule has 0 aliphatic heterocycles. The lowest BCUT2D eigenvalue weighted by atomic mass is 10.2. The molecule has 0 saturated heterocycles. The molecule has 8 heteroatoms. The van der Waals surface area contributed by atoms with Gasteiger partial charge in [0.25, 0.3) is 0 Å². The quantitative estimate of drug-likeness (QED) is 0.736. The topological polar surface area (TPSA) is 77.8 Å². The summed E-state index contributed by atoms with van der Waals surface area (Å²) in [4.78, 5) is 0.120. The van der Waals surface area contributed by atoms with Crippen LogP contribution in [0.3, 0.4) is 0 Å². The minimum atomic E-state index is -3.75. The Balaban J connectivity index is 3.28. The van der Waals surface area contributed by atoms with E-state index in [4.69, 9.17) is 10.2 Å². The average Bonchev–Trinajstić information content (AvgIpc) is 2.33. The molecular formula is C11H15Br2NO4S. The highest BCUT2D eigenvalue weighted by Crippen LogP contribution is 2.30. The first kappa shape index (κ1) is 17.1. The molecule has 1 aromatic rings. The van der Waals surface area contributed by atoms with Crippen LogP contribution in [0.25, 0.3) is 0 Å². The first-order chi connectivity index (χ1) is 8.84. The van der Waals surface area contributed by atoms with Crippen LogP contribution in [0.4, 0.5) is 0 Å². The predicted octanol–water partition coefficient (Wildman–Crippen LogP) is 1.50. The summed E-state index contributed by atoms with van der Waals surface area (Å²) in [6.07, 6.45) is 0. The monoisotopic (exact) mass is 415 g/mol. The molecule has 19 heavy (non-hydrogen) atoms. The number of halogens is 2. The zero-order valence-electron chi connectivity index (χ0n) is 10.3. The molecule has 1 rings (SSSR count). The molecule has 0 bridgehead atoms. The van der Waals surface area contributed by atoms with Gasteiger partial charge in [-0.3, -0.25) is 0 Å².